The van der Waals surface area contributed by atoms with E-state index in [0.717, 1.165) is 23.6 Å². The van der Waals surface area contributed by atoms with Gasteiger partial charge in [-0.3, -0.25) is 9.78 Å². The number of halogens is 1. The van der Waals surface area contributed by atoms with E-state index >= 15 is 0 Å². The maximum absolute atomic E-state index is 12.6. The van der Waals surface area contributed by atoms with Gasteiger partial charge in [0, 0.05) is 24.2 Å². The summed E-state index contributed by atoms with van der Waals surface area (Å²) in [6, 6.07) is 9.79. The number of aromatic nitrogens is 1. The number of carbonyl (C=O) groups is 1. The summed E-state index contributed by atoms with van der Waals surface area (Å²) in [6.07, 6.45) is 6.48. The SMILES string of the molecule is Cl.NCC(NC(=O)c1nccc2ccccc12)C1CCCC1. The van der Waals surface area contributed by atoms with Crippen molar-refractivity contribution < 1.29 is 4.79 Å². The zero-order valence-corrected chi connectivity index (χ0v) is 13.3. The van der Waals surface area contributed by atoms with Gasteiger partial charge in [0.2, 0.25) is 0 Å². The fourth-order valence-corrected chi connectivity index (χ4v) is 3.27. The van der Waals surface area contributed by atoms with Crippen LogP contribution >= 0.6 is 12.4 Å². The number of benzene rings is 1. The van der Waals surface area contributed by atoms with Gasteiger partial charge in [0.05, 0.1) is 0 Å². The highest BCUT2D eigenvalue weighted by Crippen LogP contribution is 2.27. The monoisotopic (exact) mass is 319 g/mol. The molecule has 1 fully saturated rings. The van der Waals surface area contributed by atoms with Gasteiger partial charge in [-0.25, -0.2) is 0 Å². The van der Waals surface area contributed by atoms with Crippen LogP contribution in [0.5, 0.6) is 0 Å². The average Bonchev–Trinajstić information content (AvgIpc) is 3.06. The Labute approximate surface area is 136 Å². The Bertz CT molecular complexity index is 635. The maximum Gasteiger partial charge on any atom is 0.270 e. The molecule has 1 amide bonds. The van der Waals surface area contributed by atoms with Crippen molar-refractivity contribution in [2.75, 3.05) is 6.54 Å². The molecule has 1 aromatic heterocycles. The summed E-state index contributed by atoms with van der Waals surface area (Å²) in [5.74, 6) is 0.392. The summed E-state index contributed by atoms with van der Waals surface area (Å²) >= 11 is 0. The number of hydrogen-bond donors (Lipinski definition) is 2. The van der Waals surface area contributed by atoms with Gasteiger partial charge in [-0.05, 0) is 30.2 Å². The lowest BCUT2D eigenvalue weighted by Crippen LogP contribution is -2.44. The van der Waals surface area contributed by atoms with E-state index < -0.39 is 0 Å². The van der Waals surface area contributed by atoms with E-state index in [-0.39, 0.29) is 24.4 Å². The van der Waals surface area contributed by atoms with Crippen molar-refractivity contribution in [3.05, 3.63) is 42.2 Å². The minimum Gasteiger partial charge on any atom is -0.346 e. The van der Waals surface area contributed by atoms with Gasteiger partial charge in [0.15, 0.2) is 0 Å². The summed E-state index contributed by atoms with van der Waals surface area (Å²) in [7, 11) is 0. The molecule has 0 saturated heterocycles. The largest absolute Gasteiger partial charge is 0.346 e. The molecule has 1 saturated carbocycles. The van der Waals surface area contributed by atoms with E-state index in [1.807, 2.05) is 30.3 Å². The lowest BCUT2D eigenvalue weighted by molar-refractivity contribution is 0.0921. The summed E-state index contributed by atoms with van der Waals surface area (Å²) < 4.78 is 0. The maximum atomic E-state index is 12.6. The smallest absolute Gasteiger partial charge is 0.270 e. The van der Waals surface area contributed by atoms with Crippen LogP contribution in [0.2, 0.25) is 0 Å². The Morgan fingerprint density at radius 3 is 2.73 bits per heavy atom. The summed E-state index contributed by atoms with van der Waals surface area (Å²) in [5.41, 5.74) is 6.35. The molecule has 0 bridgehead atoms. The second kappa shape index (κ2) is 7.56. The molecule has 118 valence electrons. The molecular formula is C17H22ClN3O. The van der Waals surface area contributed by atoms with E-state index in [9.17, 15) is 4.79 Å². The Morgan fingerprint density at radius 2 is 2.00 bits per heavy atom. The zero-order valence-electron chi connectivity index (χ0n) is 12.5. The van der Waals surface area contributed by atoms with Crippen LogP contribution in [0.25, 0.3) is 10.8 Å². The minimum atomic E-state index is -0.117. The van der Waals surface area contributed by atoms with Crippen molar-refractivity contribution in [1.82, 2.24) is 10.3 Å². The first-order valence-corrected chi connectivity index (χ1v) is 7.64. The predicted octanol–water partition coefficient (Wildman–Crippen LogP) is 2.90. The summed E-state index contributed by atoms with van der Waals surface area (Å²) in [6.45, 7) is 0.487. The summed E-state index contributed by atoms with van der Waals surface area (Å²) in [4.78, 5) is 16.8. The van der Waals surface area contributed by atoms with Gasteiger partial charge in [-0.2, -0.15) is 0 Å². The van der Waals surface area contributed by atoms with Gasteiger partial charge in [0.25, 0.3) is 5.91 Å². The first-order chi connectivity index (χ1) is 10.3. The highest BCUT2D eigenvalue weighted by atomic mass is 35.5. The molecule has 1 aliphatic rings. The minimum absolute atomic E-state index is 0. The van der Waals surface area contributed by atoms with Crippen molar-refractivity contribution in [2.24, 2.45) is 11.7 Å². The van der Waals surface area contributed by atoms with Crippen molar-refractivity contribution in [2.45, 2.75) is 31.7 Å². The van der Waals surface area contributed by atoms with E-state index in [4.69, 9.17) is 5.73 Å². The molecule has 3 rings (SSSR count). The molecule has 22 heavy (non-hydrogen) atoms. The Hall–Kier alpha value is -1.65. The normalized spacial score (nSPS) is 16.2. The molecule has 2 aromatic rings. The topological polar surface area (TPSA) is 68.0 Å². The molecule has 3 N–H and O–H groups in total. The first kappa shape index (κ1) is 16.7. The highest BCUT2D eigenvalue weighted by molar-refractivity contribution is 6.05. The molecule has 1 heterocycles. The van der Waals surface area contributed by atoms with Crippen LogP contribution in [0, 0.1) is 5.92 Å². The molecule has 1 aromatic carbocycles. The molecule has 0 radical (unpaired) electrons. The molecule has 1 aliphatic carbocycles. The van der Waals surface area contributed by atoms with Crippen LogP contribution in [0.4, 0.5) is 0 Å². The lowest BCUT2D eigenvalue weighted by atomic mass is 9.98. The van der Waals surface area contributed by atoms with Crippen LogP contribution in [0.1, 0.15) is 36.2 Å². The van der Waals surface area contributed by atoms with Gasteiger partial charge in [-0.15, -0.1) is 12.4 Å². The van der Waals surface area contributed by atoms with E-state index in [0.29, 0.717) is 18.2 Å². The summed E-state index contributed by atoms with van der Waals surface area (Å²) in [5, 5.41) is 5.01. The fourth-order valence-electron chi connectivity index (χ4n) is 3.27. The van der Waals surface area contributed by atoms with E-state index in [2.05, 4.69) is 10.3 Å². The van der Waals surface area contributed by atoms with Crippen molar-refractivity contribution in [3.8, 4) is 0 Å². The van der Waals surface area contributed by atoms with Crippen LogP contribution in [0.15, 0.2) is 36.5 Å². The van der Waals surface area contributed by atoms with Crippen LogP contribution in [-0.4, -0.2) is 23.5 Å². The number of amides is 1. The molecule has 1 atom stereocenters. The quantitative estimate of drug-likeness (QED) is 0.910. The number of hydrogen-bond acceptors (Lipinski definition) is 3. The van der Waals surface area contributed by atoms with Crippen molar-refractivity contribution >= 4 is 29.1 Å². The number of fused-ring (bicyclic) bond motifs is 1. The molecule has 1 unspecified atom stereocenters. The molecule has 4 nitrogen and oxygen atoms in total. The van der Waals surface area contributed by atoms with Crippen molar-refractivity contribution in [1.29, 1.82) is 0 Å². The van der Waals surface area contributed by atoms with Crippen molar-refractivity contribution in [3.63, 3.8) is 0 Å². The highest BCUT2D eigenvalue weighted by Gasteiger charge is 2.26. The zero-order chi connectivity index (χ0) is 14.7. The second-order valence-corrected chi connectivity index (χ2v) is 5.74. The first-order valence-electron chi connectivity index (χ1n) is 7.64. The van der Waals surface area contributed by atoms with Gasteiger partial charge >= 0.3 is 0 Å². The number of nitrogens with two attached hydrogens (primary N) is 1. The third-order valence-corrected chi connectivity index (χ3v) is 4.43. The fraction of sp³-hybridized carbons (Fsp3) is 0.412. The number of nitrogens with one attached hydrogen (secondary N) is 1. The van der Waals surface area contributed by atoms with Gasteiger partial charge in [0.1, 0.15) is 5.69 Å². The van der Waals surface area contributed by atoms with Crippen LogP contribution in [0.3, 0.4) is 0 Å². The molecule has 0 aliphatic heterocycles. The predicted molar refractivity (Wildman–Crippen MR) is 91.3 cm³/mol. The third kappa shape index (κ3) is 3.39. The lowest BCUT2D eigenvalue weighted by Gasteiger charge is -2.23. The Morgan fingerprint density at radius 1 is 1.27 bits per heavy atom. The van der Waals surface area contributed by atoms with Gasteiger partial charge < -0.3 is 11.1 Å². The average molecular weight is 320 g/mol. The second-order valence-electron chi connectivity index (χ2n) is 5.74. The number of nitrogens with zero attached hydrogens (tertiary/aromatic N) is 1. The van der Waals surface area contributed by atoms with E-state index in [1.54, 1.807) is 6.20 Å². The number of pyridine rings is 1. The molecular weight excluding hydrogens is 298 g/mol. The molecule has 0 spiro atoms. The van der Waals surface area contributed by atoms with Crippen LogP contribution < -0.4 is 11.1 Å². The standard InChI is InChI=1S/C17H21N3O.ClH/c18-11-15(13-6-1-2-7-13)20-17(21)16-14-8-4-3-5-12(14)9-10-19-16;/h3-5,8-10,13,15H,1-2,6-7,11,18H2,(H,20,21);1H. The number of carbonyl (C=O) groups excluding carboxylic acids is 1. The van der Waals surface area contributed by atoms with Gasteiger partial charge in [-0.1, -0.05) is 37.1 Å². The van der Waals surface area contributed by atoms with Crippen LogP contribution in [-0.2, 0) is 0 Å². The Balaban J connectivity index is 0.00000176. The number of rotatable bonds is 4. The molecule has 5 heteroatoms. The third-order valence-electron chi connectivity index (χ3n) is 4.43. The van der Waals surface area contributed by atoms with E-state index in [1.165, 1.54) is 12.8 Å². The Kier molecular flexibility index (Phi) is 5.75.